The molecule has 3 heterocycles. The third kappa shape index (κ3) is 3.78. The molecule has 0 bridgehead atoms. The fourth-order valence-electron chi connectivity index (χ4n) is 3.41. The van der Waals surface area contributed by atoms with E-state index in [1.807, 2.05) is 11.4 Å². The first kappa shape index (κ1) is 19.7. The summed E-state index contributed by atoms with van der Waals surface area (Å²) in [6.45, 7) is 1.08. The maximum absolute atomic E-state index is 13.2. The molecule has 1 unspecified atom stereocenters. The molecule has 4 rings (SSSR count). The zero-order valence-electron chi connectivity index (χ0n) is 15.1. The van der Waals surface area contributed by atoms with Crippen LogP contribution in [-0.2, 0) is 19.9 Å². The van der Waals surface area contributed by atoms with E-state index in [1.54, 1.807) is 12.1 Å². The summed E-state index contributed by atoms with van der Waals surface area (Å²) in [5.74, 6) is 0.726. The van der Waals surface area contributed by atoms with Crippen molar-refractivity contribution >= 4 is 31.2 Å². The lowest BCUT2D eigenvalue weighted by atomic mass is 10.2. The van der Waals surface area contributed by atoms with Gasteiger partial charge in [0.1, 0.15) is 0 Å². The third-order valence-corrected chi connectivity index (χ3v) is 10.1. The van der Waals surface area contributed by atoms with E-state index in [9.17, 15) is 16.8 Å². The smallest absolute Gasteiger partial charge is 0.243 e. The van der Waals surface area contributed by atoms with Crippen LogP contribution in [0.3, 0.4) is 0 Å². The number of benzene rings is 1. The second-order valence-corrected chi connectivity index (χ2v) is 11.9. The van der Waals surface area contributed by atoms with E-state index in [2.05, 4.69) is 0 Å². The van der Waals surface area contributed by atoms with E-state index in [-0.39, 0.29) is 30.2 Å². The Morgan fingerprint density at radius 2 is 1.86 bits per heavy atom. The van der Waals surface area contributed by atoms with Crippen LogP contribution in [0.4, 0.5) is 0 Å². The minimum atomic E-state index is -3.84. The molecule has 2 aliphatic heterocycles. The van der Waals surface area contributed by atoms with Crippen LogP contribution in [-0.4, -0.2) is 53.2 Å². The summed E-state index contributed by atoms with van der Waals surface area (Å²) >= 11 is 1.39. The molecule has 10 heteroatoms. The maximum Gasteiger partial charge on any atom is 0.243 e. The summed E-state index contributed by atoms with van der Waals surface area (Å²) in [4.78, 5) is 0.846. The highest BCUT2D eigenvalue weighted by atomic mass is 32.2. The molecule has 0 saturated carbocycles. The SMILES string of the molecule is O=S1(=O)CCN(S(=O)(=O)c2ccc3c(c2)OCCCO3)CCC1c1cccs1. The van der Waals surface area contributed by atoms with Gasteiger partial charge in [0, 0.05) is 30.5 Å². The van der Waals surface area contributed by atoms with E-state index in [1.165, 1.54) is 27.8 Å². The number of hydrogen-bond acceptors (Lipinski definition) is 7. The lowest BCUT2D eigenvalue weighted by Gasteiger charge is -2.20. The molecule has 0 radical (unpaired) electrons. The normalized spacial score (nSPS) is 22.9. The monoisotopic (exact) mass is 443 g/mol. The lowest BCUT2D eigenvalue weighted by molar-refractivity contribution is 0.296. The first-order chi connectivity index (χ1) is 13.4. The molecule has 1 fully saturated rings. The number of hydrogen-bond donors (Lipinski definition) is 0. The number of rotatable bonds is 3. The van der Waals surface area contributed by atoms with Crippen molar-refractivity contribution in [1.29, 1.82) is 0 Å². The number of ether oxygens (including phenoxy) is 2. The van der Waals surface area contributed by atoms with Crippen molar-refractivity contribution in [1.82, 2.24) is 4.31 Å². The highest BCUT2D eigenvalue weighted by molar-refractivity contribution is 7.92. The molecule has 0 N–H and O–H groups in total. The minimum absolute atomic E-state index is 0.0546. The molecule has 0 amide bonds. The molecule has 1 atom stereocenters. The second-order valence-electron chi connectivity index (χ2n) is 6.72. The van der Waals surface area contributed by atoms with Crippen molar-refractivity contribution in [2.45, 2.75) is 23.0 Å². The van der Waals surface area contributed by atoms with Gasteiger partial charge in [0.15, 0.2) is 21.3 Å². The fourth-order valence-corrected chi connectivity index (χ4v) is 8.00. The molecule has 0 aliphatic carbocycles. The summed E-state index contributed by atoms with van der Waals surface area (Å²) in [6, 6.07) is 8.15. The van der Waals surface area contributed by atoms with Gasteiger partial charge in [-0.05, 0) is 30.0 Å². The van der Waals surface area contributed by atoms with Gasteiger partial charge in [0.05, 0.1) is 29.1 Å². The predicted molar refractivity (Wildman–Crippen MR) is 106 cm³/mol. The molecule has 0 spiro atoms. The average Bonchev–Trinajstić information content (AvgIpc) is 3.00. The summed E-state index contributed by atoms with van der Waals surface area (Å²) in [7, 11) is -7.25. The molecule has 7 nitrogen and oxygen atoms in total. The van der Waals surface area contributed by atoms with Crippen LogP contribution in [0.5, 0.6) is 11.5 Å². The molecular weight excluding hydrogens is 422 g/mol. The standard InChI is InChI=1S/C18H21NO6S3/c20-27(21)12-8-19(7-6-18(27)17-3-1-11-26-17)28(22,23)14-4-5-15-16(13-14)25-10-2-9-24-15/h1,3-5,11,13,18H,2,6-10,12H2. The average molecular weight is 444 g/mol. The van der Waals surface area contributed by atoms with Crippen LogP contribution in [0.2, 0.25) is 0 Å². The van der Waals surface area contributed by atoms with Gasteiger partial charge in [-0.25, -0.2) is 16.8 Å². The zero-order chi connectivity index (χ0) is 19.8. The topological polar surface area (TPSA) is 90.0 Å². The van der Waals surface area contributed by atoms with Crippen LogP contribution >= 0.6 is 11.3 Å². The highest BCUT2D eigenvalue weighted by Gasteiger charge is 2.36. The van der Waals surface area contributed by atoms with Crippen LogP contribution in [0.25, 0.3) is 0 Å². The molecule has 28 heavy (non-hydrogen) atoms. The summed E-state index contributed by atoms with van der Waals surface area (Å²) < 4.78 is 64.1. The van der Waals surface area contributed by atoms with Gasteiger partial charge in [0.25, 0.3) is 0 Å². The number of thiophene rings is 1. The van der Waals surface area contributed by atoms with E-state index in [0.717, 1.165) is 11.3 Å². The molecule has 1 aromatic carbocycles. The Hall–Kier alpha value is -1.62. The van der Waals surface area contributed by atoms with Crippen molar-refractivity contribution in [3.63, 3.8) is 0 Å². The number of nitrogens with zero attached hydrogens (tertiary/aromatic N) is 1. The molecule has 1 saturated heterocycles. The van der Waals surface area contributed by atoms with Crippen molar-refractivity contribution < 1.29 is 26.3 Å². The Morgan fingerprint density at radius 1 is 1.07 bits per heavy atom. The van der Waals surface area contributed by atoms with Crippen LogP contribution in [0, 0.1) is 0 Å². The van der Waals surface area contributed by atoms with E-state index < -0.39 is 25.1 Å². The van der Waals surface area contributed by atoms with E-state index in [4.69, 9.17) is 9.47 Å². The van der Waals surface area contributed by atoms with Crippen LogP contribution < -0.4 is 9.47 Å². The largest absolute Gasteiger partial charge is 0.490 e. The van der Waals surface area contributed by atoms with Crippen molar-refractivity contribution in [2.24, 2.45) is 0 Å². The second kappa shape index (κ2) is 7.66. The van der Waals surface area contributed by atoms with E-state index in [0.29, 0.717) is 24.7 Å². The van der Waals surface area contributed by atoms with Crippen LogP contribution in [0.15, 0.2) is 40.6 Å². The molecule has 2 aromatic rings. The fraction of sp³-hybridized carbons (Fsp3) is 0.444. The first-order valence-corrected chi connectivity index (χ1v) is 13.1. The summed E-state index contributed by atoms with van der Waals surface area (Å²) in [5, 5.41) is 1.18. The number of sulfonamides is 1. The van der Waals surface area contributed by atoms with Gasteiger partial charge < -0.3 is 9.47 Å². The molecule has 2 aliphatic rings. The van der Waals surface area contributed by atoms with Gasteiger partial charge in [-0.15, -0.1) is 11.3 Å². The summed E-state index contributed by atoms with van der Waals surface area (Å²) in [6.07, 6.45) is 0.970. The molecular formula is C18H21NO6S3. The van der Waals surface area contributed by atoms with Crippen molar-refractivity contribution in [2.75, 3.05) is 32.1 Å². The van der Waals surface area contributed by atoms with Gasteiger partial charge in [-0.3, -0.25) is 0 Å². The van der Waals surface area contributed by atoms with Crippen molar-refractivity contribution in [3.05, 3.63) is 40.6 Å². The Balaban J connectivity index is 1.61. The zero-order valence-corrected chi connectivity index (χ0v) is 17.6. The Labute approximate surface area is 168 Å². The van der Waals surface area contributed by atoms with Gasteiger partial charge in [0.2, 0.25) is 10.0 Å². The minimum Gasteiger partial charge on any atom is -0.490 e. The van der Waals surface area contributed by atoms with Gasteiger partial charge >= 0.3 is 0 Å². The van der Waals surface area contributed by atoms with Crippen LogP contribution in [0.1, 0.15) is 23.0 Å². The van der Waals surface area contributed by atoms with Gasteiger partial charge in [-0.1, -0.05) is 6.07 Å². The maximum atomic E-state index is 13.2. The third-order valence-electron chi connectivity index (χ3n) is 4.92. The molecule has 152 valence electrons. The van der Waals surface area contributed by atoms with Gasteiger partial charge in [-0.2, -0.15) is 4.31 Å². The quantitative estimate of drug-likeness (QED) is 0.724. The number of sulfone groups is 1. The first-order valence-electron chi connectivity index (χ1n) is 9.03. The van der Waals surface area contributed by atoms with E-state index >= 15 is 0 Å². The lowest BCUT2D eigenvalue weighted by Crippen LogP contribution is -2.33. The highest BCUT2D eigenvalue weighted by Crippen LogP contribution is 2.36. The number of fused-ring (bicyclic) bond motifs is 1. The summed E-state index contributed by atoms with van der Waals surface area (Å²) in [5.41, 5.74) is 0. The Morgan fingerprint density at radius 3 is 2.61 bits per heavy atom. The molecule has 1 aromatic heterocycles. The Kier molecular flexibility index (Phi) is 5.38. The van der Waals surface area contributed by atoms with Crippen molar-refractivity contribution in [3.8, 4) is 11.5 Å². The predicted octanol–water partition coefficient (Wildman–Crippen LogP) is 2.46. The Bertz CT molecular complexity index is 1050.